The number of fused-ring (bicyclic) bond motifs is 1. The first-order valence-corrected chi connectivity index (χ1v) is 6.52. The van der Waals surface area contributed by atoms with Gasteiger partial charge in [0.25, 0.3) is 0 Å². The van der Waals surface area contributed by atoms with Crippen LogP contribution >= 0.6 is 0 Å². The van der Waals surface area contributed by atoms with Crippen molar-refractivity contribution in [1.29, 1.82) is 0 Å². The first kappa shape index (κ1) is 12.0. The summed E-state index contributed by atoms with van der Waals surface area (Å²) in [7, 11) is 0. The van der Waals surface area contributed by atoms with E-state index in [1.54, 1.807) is 0 Å². The minimum atomic E-state index is 1.08. The fraction of sp³-hybridized carbons (Fsp3) is 0.375. The van der Waals surface area contributed by atoms with E-state index in [9.17, 15) is 0 Å². The third-order valence-electron chi connectivity index (χ3n) is 3.15. The van der Waals surface area contributed by atoms with Crippen molar-refractivity contribution < 1.29 is 0 Å². The van der Waals surface area contributed by atoms with Gasteiger partial charge in [0.15, 0.2) is 0 Å². The number of allylic oxidation sites excluding steroid dienone is 2. The number of aryl methyl sites for hydroxylation is 2. The van der Waals surface area contributed by atoms with Crippen LogP contribution in [-0.4, -0.2) is 4.57 Å². The molecule has 17 heavy (non-hydrogen) atoms. The van der Waals surface area contributed by atoms with Crippen LogP contribution < -0.4 is 0 Å². The molecule has 0 fully saturated rings. The molecule has 0 aliphatic carbocycles. The van der Waals surface area contributed by atoms with Gasteiger partial charge in [0.2, 0.25) is 0 Å². The molecule has 2 rings (SSSR count). The van der Waals surface area contributed by atoms with E-state index in [-0.39, 0.29) is 0 Å². The fourth-order valence-electron chi connectivity index (χ4n) is 2.23. The Morgan fingerprint density at radius 3 is 2.71 bits per heavy atom. The van der Waals surface area contributed by atoms with Crippen LogP contribution in [0.4, 0.5) is 0 Å². The molecule has 0 spiro atoms. The van der Waals surface area contributed by atoms with E-state index >= 15 is 0 Å². The Labute approximate surface area is 104 Å². The van der Waals surface area contributed by atoms with Gasteiger partial charge in [0, 0.05) is 23.6 Å². The van der Waals surface area contributed by atoms with Crippen LogP contribution in [0.25, 0.3) is 10.9 Å². The molecule has 1 heteroatoms. The average Bonchev–Trinajstić information content (AvgIpc) is 2.67. The molecule has 0 amide bonds. The van der Waals surface area contributed by atoms with Gasteiger partial charge in [0.1, 0.15) is 0 Å². The molecule has 0 saturated carbocycles. The van der Waals surface area contributed by atoms with Gasteiger partial charge < -0.3 is 4.57 Å². The Morgan fingerprint density at radius 2 is 1.88 bits per heavy atom. The quantitative estimate of drug-likeness (QED) is 0.653. The van der Waals surface area contributed by atoms with Crippen molar-refractivity contribution in [1.82, 2.24) is 4.57 Å². The Kier molecular flexibility index (Phi) is 4.03. The number of unbranched alkanes of at least 4 members (excludes halogenated alkanes) is 1. The molecule has 0 unspecified atom stereocenters. The summed E-state index contributed by atoms with van der Waals surface area (Å²) in [4.78, 5) is 0. The van der Waals surface area contributed by atoms with Gasteiger partial charge in [-0.3, -0.25) is 0 Å². The molecule has 1 nitrogen and oxygen atoms in total. The number of para-hydroxylation sites is 1. The smallest absolute Gasteiger partial charge is 0.0483 e. The molecule has 0 atom stereocenters. The molecule has 0 bridgehead atoms. The van der Waals surface area contributed by atoms with Crippen LogP contribution in [-0.2, 0) is 6.54 Å². The van der Waals surface area contributed by atoms with Crippen molar-refractivity contribution in [2.45, 2.75) is 39.7 Å². The summed E-state index contributed by atoms with van der Waals surface area (Å²) in [6.07, 6.45) is 10.4. The van der Waals surface area contributed by atoms with Crippen LogP contribution in [0.2, 0.25) is 0 Å². The highest BCUT2D eigenvalue weighted by atomic mass is 14.9. The number of hydrogen-bond acceptors (Lipinski definition) is 0. The van der Waals surface area contributed by atoms with Crippen LogP contribution in [0.15, 0.2) is 42.6 Å². The molecule has 0 N–H and O–H groups in total. The van der Waals surface area contributed by atoms with E-state index in [4.69, 9.17) is 0 Å². The summed E-state index contributed by atoms with van der Waals surface area (Å²) < 4.78 is 2.36. The van der Waals surface area contributed by atoms with Crippen molar-refractivity contribution in [3.05, 3.63) is 48.2 Å². The molecule has 0 aliphatic heterocycles. The van der Waals surface area contributed by atoms with E-state index in [0.29, 0.717) is 0 Å². The van der Waals surface area contributed by atoms with E-state index in [0.717, 1.165) is 13.0 Å². The van der Waals surface area contributed by atoms with Crippen LogP contribution in [0.1, 0.15) is 31.7 Å². The van der Waals surface area contributed by atoms with Crippen molar-refractivity contribution in [2.24, 2.45) is 0 Å². The van der Waals surface area contributed by atoms with E-state index in [2.05, 4.69) is 61.0 Å². The van der Waals surface area contributed by atoms with E-state index < -0.39 is 0 Å². The third kappa shape index (κ3) is 2.79. The molecule has 90 valence electrons. The molecule has 2 aromatic rings. The summed E-state index contributed by atoms with van der Waals surface area (Å²) in [5.41, 5.74) is 2.73. The second-order valence-electron chi connectivity index (χ2n) is 4.57. The second kappa shape index (κ2) is 5.72. The lowest BCUT2D eigenvalue weighted by molar-refractivity contribution is 0.734. The standard InChI is InChI=1S/C16H21N/c1-3-4-5-6-9-12-17-13-14(2)15-10-7-8-11-16(15)17/h5-8,10-11,13H,3-4,9,12H2,1-2H3/b6-5+. The number of nitrogens with zero attached hydrogens (tertiary/aromatic N) is 1. The molecular weight excluding hydrogens is 206 g/mol. The maximum absolute atomic E-state index is 2.36. The first-order valence-electron chi connectivity index (χ1n) is 6.52. The van der Waals surface area contributed by atoms with Gasteiger partial charge in [-0.1, -0.05) is 43.7 Å². The second-order valence-corrected chi connectivity index (χ2v) is 4.57. The molecule has 1 aromatic heterocycles. The molecule has 1 aromatic carbocycles. The van der Waals surface area contributed by atoms with Crippen molar-refractivity contribution in [2.75, 3.05) is 0 Å². The molecular formula is C16H21N. The average molecular weight is 227 g/mol. The Balaban J connectivity index is 2.08. The van der Waals surface area contributed by atoms with Crippen molar-refractivity contribution in [3.8, 4) is 0 Å². The summed E-state index contributed by atoms with van der Waals surface area (Å²) in [6.45, 7) is 5.48. The van der Waals surface area contributed by atoms with Crippen molar-refractivity contribution in [3.63, 3.8) is 0 Å². The van der Waals surface area contributed by atoms with Crippen LogP contribution in [0.5, 0.6) is 0 Å². The van der Waals surface area contributed by atoms with Gasteiger partial charge in [0.05, 0.1) is 0 Å². The maximum atomic E-state index is 2.36. The van der Waals surface area contributed by atoms with Gasteiger partial charge in [-0.05, 0) is 31.4 Å². The zero-order valence-corrected chi connectivity index (χ0v) is 10.8. The largest absolute Gasteiger partial charge is 0.347 e. The number of benzene rings is 1. The highest BCUT2D eigenvalue weighted by molar-refractivity contribution is 5.83. The normalized spacial score (nSPS) is 11.6. The number of aromatic nitrogens is 1. The first-order chi connectivity index (χ1) is 8.33. The van der Waals surface area contributed by atoms with E-state index in [1.807, 2.05) is 0 Å². The number of rotatable bonds is 5. The highest BCUT2D eigenvalue weighted by Crippen LogP contribution is 2.20. The summed E-state index contributed by atoms with van der Waals surface area (Å²) in [5.74, 6) is 0. The lowest BCUT2D eigenvalue weighted by Gasteiger charge is -2.02. The number of hydrogen-bond donors (Lipinski definition) is 0. The van der Waals surface area contributed by atoms with Gasteiger partial charge >= 0.3 is 0 Å². The van der Waals surface area contributed by atoms with Gasteiger partial charge in [-0.15, -0.1) is 0 Å². The SMILES string of the molecule is CCC/C=C/CCn1cc(C)c2ccccc21. The van der Waals surface area contributed by atoms with Gasteiger partial charge in [-0.2, -0.15) is 0 Å². The zero-order chi connectivity index (χ0) is 12.1. The lowest BCUT2D eigenvalue weighted by Crippen LogP contribution is -1.94. The van der Waals surface area contributed by atoms with Crippen LogP contribution in [0, 0.1) is 6.92 Å². The predicted molar refractivity (Wildman–Crippen MR) is 75.3 cm³/mol. The van der Waals surface area contributed by atoms with Crippen molar-refractivity contribution >= 4 is 10.9 Å². The molecule has 0 aliphatic rings. The molecule has 0 radical (unpaired) electrons. The summed E-state index contributed by atoms with van der Waals surface area (Å²) in [6, 6.07) is 8.64. The Hall–Kier alpha value is -1.50. The highest BCUT2D eigenvalue weighted by Gasteiger charge is 2.02. The third-order valence-corrected chi connectivity index (χ3v) is 3.15. The monoisotopic (exact) mass is 227 g/mol. The summed E-state index contributed by atoms with van der Waals surface area (Å²) in [5, 5.41) is 1.38. The Bertz CT molecular complexity index is 505. The summed E-state index contributed by atoms with van der Waals surface area (Å²) >= 11 is 0. The fourth-order valence-corrected chi connectivity index (χ4v) is 2.23. The van der Waals surface area contributed by atoms with Crippen LogP contribution in [0.3, 0.4) is 0 Å². The van der Waals surface area contributed by atoms with E-state index in [1.165, 1.54) is 29.3 Å². The lowest BCUT2D eigenvalue weighted by atomic mass is 10.2. The topological polar surface area (TPSA) is 4.93 Å². The predicted octanol–water partition coefficient (Wildman–Crippen LogP) is 4.70. The zero-order valence-electron chi connectivity index (χ0n) is 10.8. The molecule has 1 heterocycles. The minimum absolute atomic E-state index is 1.08. The molecule has 0 saturated heterocycles. The van der Waals surface area contributed by atoms with Gasteiger partial charge in [-0.25, -0.2) is 0 Å². The maximum Gasteiger partial charge on any atom is 0.0483 e. The Morgan fingerprint density at radius 1 is 1.12 bits per heavy atom. The minimum Gasteiger partial charge on any atom is -0.347 e.